The van der Waals surface area contributed by atoms with Gasteiger partial charge in [-0.25, -0.2) is 19.0 Å². The number of anilines is 1. The predicted molar refractivity (Wildman–Crippen MR) is 150 cm³/mol. The molecule has 4 atom stereocenters. The number of aromatic nitrogens is 7. The fourth-order valence-corrected chi connectivity index (χ4v) is 6.22. The lowest BCUT2D eigenvalue weighted by Gasteiger charge is -2.48. The highest BCUT2D eigenvalue weighted by atomic mass is 16.5. The average molecular weight is 534 g/mol. The number of hydrogen-bond acceptors (Lipinski definition) is 8. The van der Waals surface area contributed by atoms with Crippen molar-refractivity contribution >= 4 is 22.5 Å². The molecule has 2 saturated heterocycles. The van der Waals surface area contributed by atoms with Crippen LogP contribution in [0.2, 0.25) is 0 Å². The molecule has 2 aliphatic rings. The minimum atomic E-state index is -0.256. The number of imidazole rings is 1. The molecule has 0 saturated carbocycles. The van der Waals surface area contributed by atoms with Gasteiger partial charge in [-0.05, 0) is 58.1 Å². The summed E-state index contributed by atoms with van der Waals surface area (Å²) in [5.41, 5.74) is 4.17. The molecule has 11 heteroatoms. The Labute approximate surface area is 228 Å². The van der Waals surface area contributed by atoms with Crippen LogP contribution in [0.15, 0.2) is 29.3 Å². The molecule has 6 heterocycles. The Morgan fingerprint density at radius 3 is 2.62 bits per heavy atom. The van der Waals surface area contributed by atoms with Gasteiger partial charge in [0.15, 0.2) is 17.0 Å². The molecule has 0 bridgehead atoms. The summed E-state index contributed by atoms with van der Waals surface area (Å²) in [6.07, 6.45) is 8.85. The Balaban J connectivity index is 1.34. The monoisotopic (exact) mass is 533 g/mol. The summed E-state index contributed by atoms with van der Waals surface area (Å²) in [4.78, 5) is 27.0. The van der Waals surface area contributed by atoms with Gasteiger partial charge in [-0.1, -0.05) is 13.8 Å². The van der Waals surface area contributed by atoms with Crippen molar-refractivity contribution in [2.45, 2.75) is 84.2 Å². The third-order valence-corrected chi connectivity index (χ3v) is 8.56. The topological polar surface area (TPSA) is 98.6 Å². The highest BCUT2D eigenvalue weighted by Gasteiger charge is 2.37. The van der Waals surface area contributed by atoms with Crippen molar-refractivity contribution in [3.05, 3.63) is 46.4 Å². The summed E-state index contributed by atoms with van der Waals surface area (Å²) < 4.78 is 11.4. The van der Waals surface area contributed by atoms with Crippen molar-refractivity contribution in [1.29, 1.82) is 0 Å². The van der Waals surface area contributed by atoms with Crippen LogP contribution in [0.3, 0.4) is 0 Å². The van der Waals surface area contributed by atoms with Crippen LogP contribution in [-0.2, 0) is 11.8 Å². The molecule has 0 N–H and O–H groups in total. The van der Waals surface area contributed by atoms with E-state index < -0.39 is 0 Å². The van der Waals surface area contributed by atoms with Crippen LogP contribution < -0.4 is 10.6 Å². The Bertz CT molecular complexity index is 1530. The van der Waals surface area contributed by atoms with Crippen LogP contribution in [0.25, 0.3) is 16.7 Å². The van der Waals surface area contributed by atoms with Gasteiger partial charge in [0.1, 0.15) is 6.23 Å². The van der Waals surface area contributed by atoms with Crippen molar-refractivity contribution in [2.24, 2.45) is 7.05 Å². The van der Waals surface area contributed by atoms with Gasteiger partial charge in [-0.15, -0.1) is 0 Å². The van der Waals surface area contributed by atoms with Gasteiger partial charge in [0.2, 0.25) is 0 Å². The molecule has 2 unspecified atom stereocenters. The normalized spacial score (nSPS) is 23.6. The zero-order valence-electron chi connectivity index (χ0n) is 23.6. The standard InChI is InChI=1S/C28H39N9O2/c1-6-20-16-35(21(7-2)15-34(20)19(4)22-11-12-24-29-18(3)14-36(24)31-22)27-26-23(33(5)28(38)30-27)17-37(32-26)25-10-8-9-13-39-25/h11-12,14,17,19-21,25H,6-10,13,15-16H2,1-5H3/t19?,20-,21+,25?/m1/s1. The maximum absolute atomic E-state index is 13.0. The van der Waals surface area contributed by atoms with E-state index >= 15 is 0 Å². The molecule has 2 aliphatic heterocycles. The van der Waals surface area contributed by atoms with Gasteiger partial charge in [-0.2, -0.15) is 15.2 Å². The Kier molecular flexibility index (Phi) is 6.88. The van der Waals surface area contributed by atoms with Gasteiger partial charge >= 0.3 is 5.69 Å². The van der Waals surface area contributed by atoms with Crippen LogP contribution in [0.4, 0.5) is 5.82 Å². The average Bonchev–Trinajstić information content (AvgIpc) is 3.57. The van der Waals surface area contributed by atoms with E-state index in [4.69, 9.17) is 14.9 Å². The zero-order valence-corrected chi connectivity index (χ0v) is 23.6. The summed E-state index contributed by atoms with van der Waals surface area (Å²) in [6, 6.07) is 4.74. The fourth-order valence-electron chi connectivity index (χ4n) is 6.22. The highest BCUT2D eigenvalue weighted by Crippen LogP contribution is 2.34. The van der Waals surface area contributed by atoms with Crippen molar-refractivity contribution in [3.8, 4) is 0 Å². The lowest BCUT2D eigenvalue weighted by molar-refractivity contribution is -0.0390. The van der Waals surface area contributed by atoms with Crippen molar-refractivity contribution in [1.82, 2.24) is 38.8 Å². The number of rotatable bonds is 6. The second kappa shape index (κ2) is 10.3. The predicted octanol–water partition coefficient (Wildman–Crippen LogP) is 3.62. The Morgan fingerprint density at radius 1 is 1.05 bits per heavy atom. The molecule has 0 spiro atoms. The zero-order chi connectivity index (χ0) is 27.3. The van der Waals surface area contributed by atoms with Gasteiger partial charge in [0, 0.05) is 38.8 Å². The van der Waals surface area contributed by atoms with E-state index in [1.54, 1.807) is 11.6 Å². The number of piperazine rings is 1. The summed E-state index contributed by atoms with van der Waals surface area (Å²) >= 11 is 0. The third kappa shape index (κ3) is 4.61. The second-order valence-corrected chi connectivity index (χ2v) is 11.0. The molecule has 4 aromatic rings. The molecule has 11 nitrogen and oxygen atoms in total. The van der Waals surface area contributed by atoms with Gasteiger partial charge in [0.25, 0.3) is 0 Å². The minimum Gasteiger partial charge on any atom is -0.357 e. The fraction of sp³-hybridized carbons (Fsp3) is 0.607. The van der Waals surface area contributed by atoms with Crippen LogP contribution in [0.1, 0.15) is 76.5 Å². The first-order valence-electron chi connectivity index (χ1n) is 14.3. The molecule has 208 valence electrons. The SMILES string of the molecule is CC[C@H]1CN(C(C)c2ccc3nc(C)cn3n2)[C@H](CC)CN1c1nc(=O)n(C)c2cn(C3CCCCO3)nc12. The summed E-state index contributed by atoms with van der Waals surface area (Å²) in [5.74, 6) is 0.689. The molecule has 6 rings (SSSR count). The molecule has 0 amide bonds. The minimum absolute atomic E-state index is 0.0960. The van der Waals surface area contributed by atoms with Gasteiger partial charge < -0.3 is 9.64 Å². The number of aryl methyl sites for hydroxylation is 2. The second-order valence-electron chi connectivity index (χ2n) is 11.0. The van der Waals surface area contributed by atoms with E-state index in [1.165, 1.54) is 0 Å². The van der Waals surface area contributed by atoms with Crippen LogP contribution >= 0.6 is 0 Å². The van der Waals surface area contributed by atoms with E-state index in [9.17, 15) is 4.79 Å². The number of nitrogens with zero attached hydrogens (tertiary/aromatic N) is 9. The summed E-state index contributed by atoms with van der Waals surface area (Å²) in [7, 11) is 1.77. The first-order chi connectivity index (χ1) is 18.9. The van der Waals surface area contributed by atoms with E-state index in [0.717, 1.165) is 79.9 Å². The van der Waals surface area contributed by atoms with E-state index in [1.807, 2.05) is 34.6 Å². The highest BCUT2D eigenvalue weighted by molar-refractivity contribution is 5.85. The lowest BCUT2D eigenvalue weighted by atomic mass is 9.99. The molecule has 0 radical (unpaired) electrons. The van der Waals surface area contributed by atoms with Crippen molar-refractivity contribution in [2.75, 3.05) is 24.6 Å². The summed E-state index contributed by atoms with van der Waals surface area (Å²) in [5, 5.41) is 9.86. The first kappa shape index (κ1) is 25.9. The number of ether oxygens (including phenoxy) is 1. The molecule has 0 aromatic carbocycles. The van der Waals surface area contributed by atoms with Gasteiger partial charge in [0.05, 0.1) is 35.3 Å². The maximum Gasteiger partial charge on any atom is 0.349 e. The Hall–Kier alpha value is -3.31. The van der Waals surface area contributed by atoms with Gasteiger partial charge in [-0.3, -0.25) is 9.47 Å². The first-order valence-corrected chi connectivity index (χ1v) is 14.3. The van der Waals surface area contributed by atoms with Crippen molar-refractivity contribution < 1.29 is 4.74 Å². The smallest absolute Gasteiger partial charge is 0.349 e. The largest absolute Gasteiger partial charge is 0.357 e. The van der Waals surface area contributed by atoms with E-state index in [2.05, 4.69) is 46.6 Å². The van der Waals surface area contributed by atoms with E-state index in [-0.39, 0.29) is 30.0 Å². The molecular weight excluding hydrogens is 494 g/mol. The number of hydrogen-bond donors (Lipinski definition) is 0. The quantitative estimate of drug-likeness (QED) is 0.371. The van der Waals surface area contributed by atoms with Crippen LogP contribution in [0.5, 0.6) is 0 Å². The van der Waals surface area contributed by atoms with Crippen molar-refractivity contribution in [3.63, 3.8) is 0 Å². The molecule has 0 aliphatic carbocycles. The Morgan fingerprint density at radius 2 is 1.87 bits per heavy atom. The van der Waals surface area contributed by atoms with E-state index in [0.29, 0.717) is 5.82 Å². The maximum atomic E-state index is 13.0. The number of fused-ring (bicyclic) bond motifs is 2. The lowest BCUT2D eigenvalue weighted by Crippen LogP contribution is -2.59. The third-order valence-electron chi connectivity index (χ3n) is 8.56. The van der Waals surface area contributed by atoms with Crippen LogP contribution in [-0.4, -0.2) is 70.6 Å². The molecule has 2 fully saturated rings. The molecule has 4 aromatic heterocycles. The summed E-state index contributed by atoms with van der Waals surface area (Å²) in [6.45, 7) is 11.0. The molecule has 39 heavy (non-hydrogen) atoms. The molecular formula is C28H39N9O2. The van der Waals surface area contributed by atoms with Crippen LogP contribution in [0, 0.1) is 6.92 Å².